The smallest absolute Gasteiger partial charge is 0.271 e. The lowest BCUT2D eigenvalue weighted by atomic mass is 10.0. The number of hydrogen-bond acceptors (Lipinski definition) is 2. The summed E-state index contributed by atoms with van der Waals surface area (Å²) in [4.78, 5) is 16.0. The van der Waals surface area contributed by atoms with Gasteiger partial charge in [0.2, 0.25) is 0 Å². The monoisotopic (exact) mass is 342 g/mol. The molecule has 0 saturated carbocycles. The number of aromatic nitrogens is 1. The molecule has 0 unspecified atom stereocenters. The van der Waals surface area contributed by atoms with Crippen molar-refractivity contribution in [3.63, 3.8) is 0 Å². The normalized spacial score (nSPS) is 12.0. The van der Waals surface area contributed by atoms with Crippen molar-refractivity contribution in [3.05, 3.63) is 62.9 Å². The number of halogens is 3. The van der Waals surface area contributed by atoms with Gasteiger partial charge in [0.1, 0.15) is 5.69 Å². The summed E-state index contributed by atoms with van der Waals surface area (Å²) in [6.07, 6.45) is 1.31. The van der Waals surface area contributed by atoms with Crippen LogP contribution in [0.2, 0.25) is 15.1 Å². The third kappa shape index (κ3) is 3.88. The molecule has 0 aliphatic heterocycles. The Balaban J connectivity index is 2.04. The van der Waals surface area contributed by atoms with Gasteiger partial charge in [-0.3, -0.25) is 4.79 Å². The maximum absolute atomic E-state index is 12.1. The SMILES string of the molecule is C[C@H](CNC(=O)c1ncc(Cl)c(Cl)c1Cl)c1ccccc1. The van der Waals surface area contributed by atoms with Crippen LogP contribution in [0.1, 0.15) is 28.9 Å². The number of hydrogen-bond donors (Lipinski definition) is 1. The van der Waals surface area contributed by atoms with Gasteiger partial charge in [0.25, 0.3) is 5.91 Å². The highest BCUT2D eigenvalue weighted by molar-refractivity contribution is 6.48. The van der Waals surface area contributed by atoms with E-state index in [1.807, 2.05) is 37.3 Å². The Morgan fingerprint density at radius 3 is 2.52 bits per heavy atom. The number of amides is 1. The maximum Gasteiger partial charge on any atom is 0.271 e. The molecule has 6 heteroatoms. The van der Waals surface area contributed by atoms with E-state index in [1.54, 1.807) is 0 Å². The molecule has 3 nitrogen and oxygen atoms in total. The summed E-state index contributed by atoms with van der Waals surface area (Å²) in [5, 5.41) is 3.21. The minimum atomic E-state index is -0.374. The standard InChI is InChI=1S/C15H13Cl3N2O/c1-9(10-5-3-2-4-6-10)7-20-15(21)14-13(18)12(17)11(16)8-19-14/h2-6,8-9H,7H2,1H3,(H,20,21)/t9-/m1/s1. The van der Waals surface area contributed by atoms with Gasteiger partial charge in [0.15, 0.2) is 0 Å². The fraction of sp³-hybridized carbons (Fsp3) is 0.200. The van der Waals surface area contributed by atoms with Crippen LogP contribution in [0.25, 0.3) is 0 Å². The summed E-state index contributed by atoms with van der Waals surface area (Å²) in [5.41, 5.74) is 1.22. The second-order valence-electron chi connectivity index (χ2n) is 4.60. The first-order chi connectivity index (χ1) is 10.0. The van der Waals surface area contributed by atoms with Crippen LogP contribution in [0.15, 0.2) is 36.5 Å². The van der Waals surface area contributed by atoms with Crippen molar-refractivity contribution in [1.82, 2.24) is 10.3 Å². The van der Waals surface area contributed by atoms with Gasteiger partial charge >= 0.3 is 0 Å². The van der Waals surface area contributed by atoms with E-state index in [-0.39, 0.29) is 32.6 Å². The lowest BCUT2D eigenvalue weighted by Crippen LogP contribution is -2.28. The average Bonchev–Trinajstić information content (AvgIpc) is 2.51. The van der Waals surface area contributed by atoms with Crippen molar-refractivity contribution in [2.24, 2.45) is 0 Å². The first kappa shape index (κ1) is 16.1. The molecule has 0 spiro atoms. The van der Waals surface area contributed by atoms with E-state index in [0.29, 0.717) is 6.54 Å². The number of carbonyl (C=O) groups is 1. The van der Waals surface area contributed by atoms with E-state index >= 15 is 0 Å². The van der Waals surface area contributed by atoms with Crippen molar-refractivity contribution in [1.29, 1.82) is 0 Å². The second kappa shape index (κ2) is 7.12. The zero-order valence-electron chi connectivity index (χ0n) is 11.2. The molecule has 1 aromatic carbocycles. The van der Waals surface area contributed by atoms with Crippen LogP contribution >= 0.6 is 34.8 Å². The summed E-state index contributed by atoms with van der Waals surface area (Å²) in [6, 6.07) is 9.91. The number of benzene rings is 1. The highest BCUT2D eigenvalue weighted by Gasteiger charge is 2.17. The van der Waals surface area contributed by atoms with Crippen LogP contribution in [-0.2, 0) is 0 Å². The molecule has 0 fully saturated rings. The van der Waals surface area contributed by atoms with Crippen LogP contribution in [0.3, 0.4) is 0 Å². The van der Waals surface area contributed by atoms with Gasteiger partial charge in [-0.15, -0.1) is 0 Å². The molecule has 110 valence electrons. The topological polar surface area (TPSA) is 42.0 Å². The van der Waals surface area contributed by atoms with Crippen LogP contribution < -0.4 is 5.32 Å². The Bertz CT molecular complexity index is 647. The van der Waals surface area contributed by atoms with E-state index in [2.05, 4.69) is 10.3 Å². The Labute approximate surface area is 138 Å². The lowest BCUT2D eigenvalue weighted by molar-refractivity contribution is 0.0947. The Kier molecular flexibility index (Phi) is 5.45. The molecule has 1 aromatic heterocycles. The number of carbonyl (C=O) groups excluding carboxylic acids is 1. The molecule has 0 radical (unpaired) electrons. The molecule has 0 aliphatic carbocycles. The van der Waals surface area contributed by atoms with Crippen LogP contribution in [-0.4, -0.2) is 17.4 Å². The lowest BCUT2D eigenvalue weighted by Gasteiger charge is -2.13. The van der Waals surface area contributed by atoms with Crippen LogP contribution in [0.5, 0.6) is 0 Å². The van der Waals surface area contributed by atoms with E-state index in [0.717, 1.165) is 5.56 Å². The van der Waals surface area contributed by atoms with E-state index in [9.17, 15) is 4.79 Å². The number of rotatable bonds is 4. The Hall–Kier alpha value is -1.29. The molecule has 1 atom stereocenters. The molecule has 0 saturated heterocycles. The van der Waals surface area contributed by atoms with Crippen molar-refractivity contribution >= 4 is 40.7 Å². The summed E-state index contributed by atoms with van der Waals surface area (Å²) in [5.74, 6) is -0.196. The predicted molar refractivity (Wildman–Crippen MR) is 86.5 cm³/mol. The molecule has 1 amide bonds. The van der Waals surface area contributed by atoms with Gasteiger partial charge < -0.3 is 5.32 Å². The quantitative estimate of drug-likeness (QED) is 0.883. The molecule has 21 heavy (non-hydrogen) atoms. The Morgan fingerprint density at radius 2 is 1.86 bits per heavy atom. The Morgan fingerprint density at radius 1 is 1.19 bits per heavy atom. The number of nitrogens with zero attached hydrogens (tertiary/aromatic N) is 1. The zero-order valence-corrected chi connectivity index (χ0v) is 13.5. The maximum atomic E-state index is 12.1. The zero-order chi connectivity index (χ0) is 15.4. The van der Waals surface area contributed by atoms with E-state index < -0.39 is 0 Å². The average molecular weight is 344 g/mol. The van der Waals surface area contributed by atoms with E-state index in [4.69, 9.17) is 34.8 Å². The predicted octanol–water partition coefficient (Wildman–Crippen LogP) is 4.58. The summed E-state index contributed by atoms with van der Waals surface area (Å²) >= 11 is 17.7. The van der Waals surface area contributed by atoms with Crippen molar-refractivity contribution in [2.45, 2.75) is 12.8 Å². The molecule has 0 bridgehead atoms. The van der Waals surface area contributed by atoms with Gasteiger partial charge in [0.05, 0.1) is 15.1 Å². The number of nitrogens with one attached hydrogen (secondary N) is 1. The van der Waals surface area contributed by atoms with Crippen molar-refractivity contribution < 1.29 is 4.79 Å². The van der Waals surface area contributed by atoms with Gasteiger partial charge in [-0.25, -0.2) is 4.98 Å². The molecular formula is C15H13Cl3N2O. The molecule has 2 rings (SSSR count). The fourth-order valence-electron chi connectivity index (χ4n) is 1.83. The van der Waals surface area contributed by atoms with Crippen LogP contribution in [0.4, 0.5) is 0 Å². The summed E-state index contributed by atoms with van der Waals surface area (Å²) in [6.45, 7) is 2.50. The van der Waals surface area contributed by atoms with Gasteiger partial charge in [-0.1, -0.05) is 72.1 Å². The molecule has 2 aromatic rings. The summed E-state index contributed by atoms with van der Waals surface area (Å²) < 4.78 is 0. The molecule has 1 heterocycles. The molecular weight excluding hydrogens is 331 g/mol. The summed E-state index contributed by atoms with van der Waals surface area (Å²) in [7, 11) is 0. The van der Waals surface area contributed by atoms with Crippen molar-refractivity contribution in [2.75, 3.05) is 6.54 Å². The number of pyridine rings is 1. The first-order valence-electron chi connectivity index (χ1n) is 6.33. The van der Waals surface area contributed by atoms with Gasteiger partial charge in [0, 0.05) is 12.7 Å². The van der Waals surface area contributed by atoms with Gasteiger partial charge in [-0.2, -0.15) is 0 Å². The molecule has 1 N–H and O–H groups in total. The van der Waals surface area contributed by atoms with Crippen LogP contribution in [0, 0.1) is 0 Å². The third-order valence-electron chi connectivity index (χ3n) is 3.07. The first-order valence-corrected chi connectivity index (χ1v) is 7.46. The van der Waals surface area contributed by atoms with E-state index in [1.165, 1.54) is 6.20 Å². The minimum Gasteiger partial charge on any atom is -0.350 e. The highest BCUT2D eigenvalue weighted by atomic mass is 35.5. The van der Waals surface area contributed by atoms with Gasteiger partial charge in [-0.05, 0) is 11.5 Å². The molecule has 0 aliphatic rings. The fourth-order valence-corrected chi connectivity index (χ4v) is 2.40. The minimum absolute atomic E-state index is 0.0639. The third-order valence-corrected chi connectivity index (χ3v) is 4.31. The van der Waals surface area contributed by atoms with Crippen molar-refractivity contribution in [3.8, 4) is 0 Å². The highest BCUT2D eigenvalue weighted by Crippen LogP contribution is 2.31. The second-order valence-corrected chi connectivity index (χ2v) is 5.77. The largest absolute Gasteiger partial charge is 0.350 e.